The van der Waals surface area contributed by atoms with Crippen molar-refractivity contribution >= 4 is 14.0 Å². The molecular formula is C9H14NO2Si. The Labute approximate surface area is 80.3 Å². The summed E-state index contributed by atoms with van der Waals surface area (Å²) in [5, 5.41) is 1.26. The Balaban J connectivity index is 2.78. The third-order valence-electron chi connectivity index (χ3n) is 1.66. The summed E-state index contributed by atoms with van der Waals surface area (Å²) in [6.07, 6.45) is 3.54. The molecule has 0 bridgehead atoms. The van der Waals surface area contributed by atoms with E-state index in [-0.39, 0.29) is 6.79 Å². The maximum absolute atomic E-state index is 5.39. The normalized spacial score (nSPS) is 10.5. The van der Waals surface area contributed by atoms with Crippen molar-refractivity contribution in [3.8, 4) is 5.75 Å². The van der Waals surface area contributed by atoms with Gasteiger partial charge < -0.3 is 9.47 Å². The second-order valence-corrected chi connectivity index (χ2v) is 5.46. The first-order valence-electron chi connectivity index (χ1n) is 4.12. The minimum Gasteiger partial charge on any atom is -0.466 e. The van der Waals surface area contributed by atoms with E-state index in [0.717, 1.165) is 5.75 Å². The van der Waals surface area contributed by atoms with Gasteiger partial charge in [-0.05, 0) is 11.3 Å². The Bertz CT molecular complexity index is 266. The second kappa shape index (κ2) is 4.99. The summed E-state index contributed by atoms with van der Waals surface area (Å²) in [5.74, 6) is 0.850. The van der Waals surface area contributed by atoms with Gasteiger partial charge in [-0.2, -0.15) is 0 Å². The van der Waals surface area contributed by atoms with Gasteiger partial charge in [0.05, 0.1) is 15.0 Å². The van der Waals surface area contributed by atoms with Gasteiger partial charge >= 0.3 is 0 Å². The van der Waals surface area contributed by atoms with Crippen LogP contribution in [0.2, 0.25) is 13.1 Å². The van der Waals surface area contributed by atoms with Crippen LogP contribution < -0.4 is 9.92 Å². The number of pyridine rings is 1. The SMILES string of the molecule is COCOc1cnccc1[Si](C)C. The molecule has 0 spiro atoms. The number of hydrogen-bond acceptors (Lipinski definition) is 3. The van der Waals surface area contributed by atoms with Crippen LogP contribution in [0.1, 0.15) is 0 Å². The summed E-state index contributed by atoms with van der Waals surface area (Å²) in [5.41, 5.74) is 0. The van der Waals surface area contributed by atoms with Crippen LogP contribution in [0, 0.1) is 0 Å². The van der Waals surface area contributed by atoms with Crippen molar-refractivity contribution in [2.24, 2.45) is 0 Å². The predicted octanol–water partition coefficient (Wildman–Crippen LogP) is 1.03. The Morgan fingerprint density at radius 1 is 1.46 bits per heavy atom. The van der Waals surface area contributed by atoms with Gasteiger partial charge in [-0.25, -0.2) is 0 Å². The van der Waals surface area contributed by atoms with Crippen molar-refractivity contribution in [3.63, 3.8) is 0 Å². The van der Waals surface area contributed by atoms with E-state index in [9.17, 15) is 0 Å². The molecule has 1 radical (unpaired) electrons. The number of hydrogen-bond donors (Lipinski definition) is 0. The third-order valence-corrected chi connectivity index (χ3v) is 3.15. The van der Waals surface area contributed by atoms with Gasteiger partial charge in [-0.3, -0.25) is 4.98 Å². The molecule has 0 N–H and O–H groups in total. The van der Waals surface area contributed by atoms with Crippen LogP contribution in [0.5, 0.6) is 5.75 Å². The van der Waals surface area contributed by atoms with Crippen molar-refractivity contribution < 1.29 is 9.47 Å². The van der Waals surface area contributed by atoms with Crippen LogP contribution in [0.3, 0.4) is 0 Å². The van der Waals surface area contributed by atoms with Gasteiger partial charge in [0.25, 0.3) is 0 Å². The maximum atomic E-state index is 5.39. The van der Waals surface area contributed by atoms with Crippen molar-refractivity contribution in [1.82, 2.24) is 4.98 Å². The molecule has 3 nitrogen and oxygen atoms in total. The highest BCUT2D eigenvalue weighted by Crippen LogP contribution is 2.05. The highest BCUT2D eigenvalue weighted by atomic mass is 28.3. The van der Waals surface area contributed by atoms with Gasteiger partial charge in [0, 0.05) is 13.3 Å². The maximum Gasteiger partial charge on any atom is 0.188 e. The molecule has 0 aliphatic rings. The lowest BCUT2D eigenvalue weighted by molar-refractivity contribution is 0.0516. The van der Waals surface area contributed by atoms with Crippen LogP contribution in [-0.2, 0) is 4.74 Å². The fraction of sp³-hybridized carbons (Fsp3) is 0.444. The highest BCUT2D eigenvalue weighted by molar-refractivity contribution is 6.71. The molecule has 4 heteroatoms. The van der Waals surface area contributed by atoms with E-state index < -0.39 is 8.80 Å². The zero-order valence-corrected chi connectivity index (χ0v) is 9.20. The van der Waals surface area contributed by atoms with Crippen molar-refractivity contribution in [2.75, 3.05) is 13.9 Å². The van der Waals surface area contributed by atoms with Crippen molar-refractivity contribution in [3.05, 3.63) is 18.5 Å². The first-order valence-corrected chi connectivity index (χ1v) is 6.62. The molecule has 0 unspecified atom stereocenters. The fourth-order valence-corrected chi connectivity index (χ4v) is 2.07. The highest BCUT2D eigenvalue weighted by Gasteiger charge is 2.07. The molecule has 0 aliphatic carbocycles. The van der Waals surface area contributed by atoms with Gasteiger partial charge in [-0.15, -0.1) is 0 Å². The average Bonchev–Trinajstić information content (AvgIpc) is 2.15. The molecule has 1 rings (SSSR count). The van der Waals surface area contributed by atoms with E-state index in [4.69, 9.17) is 9.47 Å². The first-order chi connectivity index (χ1) is 6.25. The van der Waals surface area contributed by atoms with Gasteiger partial charge in [0.15, 0.2) is 6.79 Å². The first kappa shape index (κ1) is 10.2. The molecule has 0 aliphatic heterocycles. The lowest BCUT2D eigenvalue weighted by Crippen LogP contribution is -2.25. The quantitative estimate of drug-likeness (QED) is 0.532. The van der Waals surface area contributed by atoms with E-state index in [1.807, 2.05) is 6.07 Å². The monoisotopic (exact) mass is 196 g/mol. The predicted molar refractivity (Wildman–Crippen MR) is 53.9 cm³/mol. The summed E-state index contributed by atoms with van der Waals surface area (Å²) in [6, 6.07) is 2.01. The Morgan fingerprint density at radius 2 is 2.23 bits per heavy atom. The smallest absolute Gasteiger partial charge is 0.188 e. The molecule has 1 heterocycles. The Morgan fingerprint density at radius 3 is 2.85 bits per heavy atom. The summed E-state index contributed by atoms with van der Waals surface area (Å²) >= 11 is 0. The zero-order chi connectivity index (χ0) is 9.68. The lowest BCUT2D eigenvalue weighted by Gasteiger charge is -2.11. The van der Waals surface area contributed by atoms with Gasteiger partial charge in [0.2, 0.25) is 0 Å². The van der Waals surface area contributed by atoms with E-state index in [1.54, 1.807) is 19.5 Å². The molecule has 0 aromatic carbocycles. The molecule has 1 aromatic rings. The molecular weight excluding hydrogens is 182 g/mol. The number of aromatic nitrogens is 1. The molecule has 1 aromatic heterocycles. The summed E-state index contributed by atoms with van der Waals surface area (Å²) < 4.78 is 10.2. The average molecular weight is 196 g/mol. The topological polar surface area (TPSA) is 31.4 Å². The van der Waals surface area contributed by atoms with Crippen LogP contribution in [0.25, 0.3) is 0 Å². The van der Waals surface area contributed by atoms with Crippen LogP contribution in [0.4, 0.5) is 0 Å². The Hall–Kier alpha value is -0.873. The van der Waals surface area contributed by atoms with Crippen molar-refractivity contribution in [1.29, 1.82) is 0 Å². The lowest BCUT2D eigenvalue weighted by atomic mass is 10.4. The van der Waals surface area contributed by atoms with Crippen molar-refractivity contribution in [2.45, 2.75) is 13.1 Å². The fourth-order valence-electron chi connectivity index (χ4n) is 1.03. The minimum atomic E-state index is -0.492. The molecule has 0 saturated carbocycles. The molecule has 13 heavy (non-hydrogen) atoms. The Kier molecular flexibility index (Phi) is 3.92. The van der Waals surface area contributed by atoms with Gasteiger partial charge in [-0.1, -0.05) is 13.1 Å². The number of rotatable bonds is 4. The minimum absolute atomic E-state index is 0.286. The number of methoxy groups -OCH3 is 1. The van der Waals surface area contributed by atoms with E-state index >= 15 is 0 Å². The van der Waals surface area contributed by atoms with E-state index in [2.05, 4.69) is 18.1 Å². The third kappa shape index (κ3) is 2.82. The molecule has 0 atom stereocenters. The second-order valence-electron chi connectivity index (χ2n) is 2.92. The van der Waals surface area contributed by atoms with E-state index in [0.29, 0.717) is 0 Å². The summed E-state index contributed by atoms with van der Waals surface area (Å²) in [6.45, 7) is 4.73. The van der Waals surface area contributed by atoms with Crippen LogP contribution in [0.15, 0.2) is 18.5 Å². The molecule has 0 saturated heterocycles. The summed E-state index contributed by atoms with van der Waals surface area (Å²) in [7, 11) is 1.12. The number of nitrogens with zero attached hydrogens (tertiary/aromatic N) is 1. The molecule has 0 amide bonds. The molecule has 0 fully saturated rings. The standard InChI is InChI=1S/C9H14NO2Si/c1-11-7-12-8-6-10-5-4-9(8)13(2)3/h4-6H,7H2,1-3H3. The van der Waals surface area contributed by atoms with Gasteiger partial charge in [0.1, 0.15) is 5.75 Å². The van der Waals surface area contributed by atoms with Crippen LogP contribution >= 0.6 is 0 Å². The summed E-state index contributed by atoms with van der Waals surface area (Å²) in [4.78, 5) is 4.02. The molecule has 71 valence electrons. The van der Waals surface area contributed by atoms with E-state index in [1.165, 1.54) is 5.19 Å². The largest absolute Gasteiger partial charge is 0.466 e. The van der Waals surface area contributed by atoms with Crippen LogP contribution in [-0.4, -0.2) is 27.7 Å². The zero-order valence-electron chi connectivity index (χ0n) is 8.20. The number of ether oxygens (including phenoxy) is 2.